The van der Waals surface area contributed by atoms with Crippen molar-refractivity contribution >= 4 is 11.5 Å². The Morgan fingerprint density at radius 2 is 2.13 bits per heavy atom. The van der Waals surface area contributed by atoms with Crippen LogP contribution in [0.1, 0.15) is 28.4 Å². The maximum absolute atomic E-state index is 6.13. The molecule has 0 spiro atoms. The van der Waals surface area contributed by atoms with Gasteiger partial charge in [-0.25, -0.2) is 0 Å². The van der Waals surface area contributed by atoms with E-state index in [1.54, 1.807) is 0 Å². The van der Waals surface area contributed by atoms with Crippen molar-refractivity contribution in [3.8, 4) is 0 Å². The Morgan fingerprint density at radius 3 is 2.80 bits per heavy atom. The molecule has 0 aliphatic rings. The minimum atomic E-state index is -0.163. The molecule has 1 heterocycles. The average molecular weight is 219 g/mol. The third kappa shape index (κ3) is 1.91. The SMILES string of the molecule is Cc1cccc(C(N)c2csnn2)c1C. The van der Waals surface area contributed by atoms with Gasteiger partial charge in [-0.3, -0.25) is 0 Å². The predicted octanol–water partition coefficient (Wildman–Crippen LogP) is 2.20. The number of nitrogens with zero attached hydrogens (tertiary/aromatic N) is 2. The van der Waals surface area contributed by atoms with Crippen molar-refractivity contribution in [3.05, 3.63) is 46.0 Å². The van der Waals surface area contributed by atoms with Crippen LogP contribution in [0.3, 0.4) is 0 Å². The summed E-state index contributed by atoms with van der Waals surface area (Å²) >= 11 is 1.33. The second kappa shape index (κ2) is 4.08. The second-order valence-electron chi connectivity index (χ2n) is 3.60. The summed E-state index contributed by atoms with van der Waals surface area (Å²) in [5.41, 5.74) is 10.6. The lowest BCUT2D eigenvalue weighted by Gasteiger charge is -2.13. The van der Waals surface area contributed by atoms with Crippen molar-refractivity contribution in [2.24, 2.45) is 5.73 Å². The summed E-state index contributed by atoms with van der Waals surface area (Å²) < 4.78 is 3.83. The number of aromatic nitrogens is 2. The number of hydrogen-bond donors (Lipinski definition) is 1. The quantitative estimate of drug-likeness (QED) is 0.842. The Bertz CT molecular complexity index is 451. The first-order chi connectivity index (χ1) is 7.20. The van der Waals surface area contributed by atoms with Crippen LogP contribution in [-0.4, -0.2) is 9.59 Å². The topological polar surface area (TPSA) is 51.8 Å². The first-order valence-corrected chi connectivity index (χ1v) is 5.62. The van der Waals surface area contributed by atoms with Crippen LogP contribution in [0.2, 0.25) is 0 Å². The molecule has 1 unspecified atom stereocenters. The molecule has 2 N–H and O–H groups in total. The largest absolute Gasteiger partial charge is 0.319 e. The zero-order valence-electron chi connectivity index (χ0n) is 8.77. The Morgan fingerprint density at radius 1 is 1.33 bits per heavy atom. The van der Waals surface area contributed by atoms with Gasteiger partial charge in [0.1, 0.15) is 0 Å². The van der Waals surface area contributed by atoms with Crippen LogP contribution in [0.15, 0.2) is 23.6 Å². The smallest absolute Gasteiger partial charge is 0.0968 e. The van der Waals surface area contributed by atoms with Crippen LogP contribution in [0, 0.1) is 13.8 Å². The molecule has 0 amide bonds. The maximum Gasteiger partial charge on any atom is 0.0968 e. The van der Waals surface area contributed by atoms with Gasteiger partial charge in [0.2, 0.25) is 0 Å². The molecule has 4 heteroatoms. The van der Waals surface area contributed by atoms with Crippen LogP contribution in [0.5, 0.6) is 0 Å². The van der Waals surface area contributed by atoms with Crippen LogP contribution in [0.25, 0.3) is 0 Å². The molecule has 78 valence electrons. The Labute approximate surface area is 93.1 Å². The summed E-state index contributed by atoms with van der Waals surface area (Å²) in [4.78, 5) is 0. The summed E-state index contributed by atoms with van der Waals surface area (Å²) in [6, 6.07) is 6.00. The second-order valence-corrected chi connectivity index (χ2v) is 4.21. The molecule has 15 heavy (non-hydrogen) atoms. The van der Waals surface area contributed by atoms with E-state index in [1.165, 1.54) is 22.7 Å². The molecule has 0 saturated heterocycles. The molecule has 0 radical (unpaired) electrons. The summed E-state index contributed by atoms with van der Waals surface area (Å²) in [6.45, 7) is 4.18. The van der Waals surface area contributed by atoms with Gasteiger partial charge in [0.15, 0.2) is 0 Å². The van der Waals surface area contributed by atoms with Crippen molar-refractivity contribution in [1.29, 1.82) is 0 Å². The molecule has 0 aliphatic carbocycles. The molecule has 1 aromatic carbocycles. The van der Waals surface area contributed by atoms with E-state index in [1.807, 2.05) is 17.5 Å². The zero-order chi connectivity index (χ0) is 10.8. The van der Waals surface area contributed by atoms with Crippen molar-refractivity contribution in [3.63, 3.8) is 0 Å². The van der Waals surface area contributed by atoms with E-state index in [0.29, 0.717) is 0 Å². The highest BCUT2D eigenvalue weighted by molar-refractivity contribution is 7.03. The van der Waals surface area contributed by atoms with Gasteiger partial charge < -0.3 is 5.73 Å². The van der Waals surface area contributed by atoms with E-state index in [0.717, 1.165) is 11.3 Å². The van der Waals surface area contributed by atoms with Gasteiger partial charge in [-0.1, -0.05) is 22.7 Å². The van der Waals surface area contributed by atoms with E-state index in [2.05, 4.69) is 29.5 Å². The summed E-state index contributed by atoms with van der Waals surface area (Å²) in [5, 5.41) is 5.90. The molecule has 0 saturated carbocycles. The first-order valence-electron chi connectivity index (χ1n) is 4.79. The lowest BCUT2D eigenvalue weighted by atomic mass is 9.97. The van der Waals surface area contributed by atoms with Crippen molar-refractivity contribution in [1.82, 2.24) is 9.59 Å². The van der Waals surface area contributed by atoms with E-state index in [4.69, 9.17) is 5.73 Å². The van der Waals surface area contributed by atoms with Crippen LogP contribution >= 0.6 is 11.5 Å². The predicted molar refractivity (Wildman–Crippen MR) is 61.9 cm³/mol. The van der Waals surface area contributed by atoms with Crippen molar-refractivity contribution < 1.29 is 0 Å². The van der Waals surface area contributed by atoms with Gasteiger partial charge in [-0.05, 0) is 42.1 Å². The molecule has 0 bridgehead atoms. The highest BCUT2D eigenvalue weighted by Crippen LogP contribution is 2.23. The number of hydrogen-bond acceptors (Lipinski definition) is 4. The molecule has 1 aromatic heterocycles. The van der Waals surface area contributed by atoms with Gasteiger partial charge in [-0.15, -0.1) is 5.10 Å². The average Bonchev–Trinajstić information content (AvgIpc) is 2.74. The minimum absolute atomic E-state index is 0.163. The van der Waals surface area contributed by atoms with Gasteiger partial charge in [-0.2, -0.15) is 0 Å². The van der Waals surface area contributed by atoms with Gasteiger partial charge in [0.25, 0.3) is 0 Å². The first kappa shape index (κ1) is 10.3. The van der Waals surface area contributed by atoms with Gasteiger partial charge >= 0.3 is 0 Å². The fourth-order valence-corrected chi connectivity index (χ4v) is 2.07. The standard InChI is InChI=1S/C11H13N3S/c1-7-4-3-5-9(8(7)2)11(12)10-6-15-14-13-10/h3-6,11H,12H2,1-2H3. The van der Waals surface area contributed by atoms with Crippen LogP contribution < -0.4 is 5.73 Å². The Kier molecular flexibility index (Phi) is 2.79. The molecular formula is C11H13N3S. The normalized spacial score (nSPS) is 12.7. The lowest BCUT2D eigenvalue weighted by Crippen LogP contribution is -2.14. The molecular weight excluding hydrogens is 206 g/mol. The molecule has 0 aliphatic heterocycles. The molecule has 3 nitrogen and oxygen atoms in total. The van der Waals surface area contributed by atoms with Crippen LogP contribution in [0.4, 0.5) is 0 Å². The van der Waals surface area contributed by atoms with E-state index in [-0.39, 0.29) is 6.04 Å². The molecule has 0 fully saturated rings. The highest BCUT2D eigenvalue weighted by atomic mass is 32.1. The molecule has 1 atom stereocenters. The minimum Gasteiger partial charge on any atom is -0.319 e. The monoisotopic (exact) mass is 219 g/mol. The lowest BCUT2D eigenvalue weighted by molar-refractivity contribution is 0.809. The van der Waals surface area contributed by atoms with E-state index in [9.17, 15) is 0 Å². The number of nitrogens with two attached hydrogens (primary N) is 1. The fraction of sp³-hybridized carbons (Fsp3) is 0.273. The number of benzene rings is 1. The molecule has 2 aromatic rings. The van der Waals surface area contributed by atoms with E-state index < -0.39 is 0 Å². The Balaban J connectivity index is 2.42. The van der Waals surface area contributed by atoms with Gasteiger partial charge in [0, 0.05) is 5.38 Å². The number of rotatable bonds is 2. The Hall–Kier alpha value is -1.26. The third-order valence-electron chi connectivity index (χ3n) is 2.68. The molecule has 2 rings (SSSR count). The van der Waals surface area contributed by atoms with E-state index >= 15 is 0 Å². The number of aryl methyl sites for hydroxylation is 1. The highest BCUT2D eigenvalue weighted by Gasteiger charge is 2.14. The maximum atomic E-state index is 6.13. The van der Waals surface area contributed by atoms with Gasteiger partial charge in [0.05, 0.1) is 11.7 Å². The van der Waals surface area contributed by atoms with Crippen LogP contribution in [-0.2, 0) is 0 Å². The fourth-order valence-electron chi connectivity index (χ4n) is 1.58. The van der Waals surface area contributed by atoms with Crippen molar-refractivity contribution in [2.75, 3.05) is 0 Å². The van der Waals surface area contributed by atoms with Crippen molar-refractivity contribution in [2.45, 2.75) is 19.9 Å². The third-order valence-corrected chi connectivity index (χ3v) is 3.20. The summed E-state index contributed by atoms with van der Waals surface area (Å²) in [5.74, 6) is 0. The summed E-state index contributed by atoms with van der Waals surface area (Å²) in [6.07, 6.45) is 0. The zero-order valence-corrected chi connectivity index (χ0v) is 9.58. The summed E-state index contributed by atoms with van der Waals surface area (Å²) in [7, 11) is 0.